The Kier molecular flexibility index (Phi) is 5.53. The number of carbonyl (C=O) groups excluding carboxylic acids is 1. The zero-order valence-electron chi connectivity index (χ0n) is 16.0. The van der Waals surface area contributed by atoms with Crippen molar-refractivity contribution < 1.29 is 9.90 Å². The highest BCUT2D eigenvalue weighted by Crippen LogP contribution is 2.31. The second-order valence-electron chi connectivity index (χ2n) is 7.26. The van der Waals surface area contributed by atoms with Gasteiger partial charge in [-0.1, -0.05) is 22.9 Å². The number of carbonyl (C=O) groups is 1. The predicted molar refractivity (Wildman–Crippen MR) is 115 cm³/mol. The van der Waals surface area contributed by atoms with Crippen LogP contribution in [-0.4, -0.2) is 63.1 Å². The van der Waals surface area contributed by atoms with Gasteiger partial charge in [-0.25, -0.2) is 15.0 Å². The smallest absolute Gasteiger partial charge is 0.253 e. The lowest BCUT2D eigenvalue weighted by Gasteiger charge is -2.15. The molecule has 0 spiro atoms. The van der Waals surface area contributed by atoms with Crippen molar-refractivity contribution in [2.45, 2.75) is 31.0 Å². The summed E-state index contributed by atoms with van der Waals surface area (Å²) in [5.41, 5.74) is 1.45. The largest absolute Gasteiger partial charge is 0.391 e. The summed E-state index contributed by atoms with van der Waals surface area (Å²) in [6.45, 7) is 0. The Hall–Kier alpha value is -2.49. The van der Waals surface area contributed by atoms with Gasteiger partial charge in [-0.3, -0.25) is 4.79 Å². The number of thiazole rings is 1. The first-order valence-electron chi connectivity index (χ1n) is 9.20. The number of amides is 1. The Balaban J connectivity index is 1.43. The van der Waals surface area contributed by atoms with Crippen LogP contribution in [0.15, 0.2) is 30.6 Å². The highest BCUT2D eigenvalue weighted by molar-refractivity contribution is 7.22. The summed E-state index contributed by atoms with van der Waals surface area (Å²) in [5, 5.41) is 18.2. The topological polar surface area (TPSA) is 103 Å². The SMILES string of the molecule is CN(C)C(=O)c1ccc2nc(N[C@@H]3C[C@@H](Nc4ncc(Cl)cn4)C[C@H]3O)sc2c1. The molecule has 0 bridgehead atoms. The molecule has 152 valence electrons. The maximum atomic E-state index is 12.2. The van der Waals surface area contributed by atoms with Crippen LogP contribution in [0.1, 0.15) is 23.2 Å². The van der Waals surface area contributed by atoms with Gasteiger partial charge in [0.05, 0.1) is 39.8 Å². The molecule has 1 aliphatic carbocycles. The zero-order chi connectivity index (χ0) is 20.5. The summed E-state index contributed by atoms with van der Waals surface area (Å²) in [6, 6.07) is 5.39. The predicted octanol–water partition coefficient (Wildman–Crippen LogP) is 2.86. The van der Waals surface area contributed by atoms with Gasteiger partial charge in [0.25, 0.3) is 5.91 Å². The Morgan fingerprint density at radius 2 is 2.00 bits per heavy atom. The van der Waals surface area contributed by atoms with Crippen molar-refractivity contribution in [3.63, 3.8) is 0 Å². The standard InChI is InChI=1S/C19H21ClN6O2S/c1-26(2)17(28)10-3-4-13-16(5-10)29-19(24-13)25-14-6-12(7-15(14)27)23-18-21-8-11(20)9-22-18/h3-5,8-9,12,14-15,27H,6-7H2,1-2H3,(H,24,25)(H,21,22,23)/t12-,14-,15-/m1/s1. The van der Waals surface area contributed by atoms with Crippen LogP contribution in [0.2, 0.25) is 5.02 Å². The van der Waals surface area contributed by atoms with Crippen LogP contribution in [0.3, 0.4) is 0 Å². The first-order valence-corrected chi connectivity index (χ1v) is 10.4. The summed E-state index contributed by atoms with van der Waals surface area (Å²) in [7, 11) is 3.46. The van der Waals surface area contributed by atoms with Crippen molar-refractivity contribution >= 4 is 50.1 Å². The summed E-state index contributed by atoms with van der Waals surface area (Å²) in [5.74, 6) is 0.449. The van der Waals surface area contributed by atoms with Crippen molar-refractivity contribution in [3.05, 3.63) is 41.2 Å². The molecule has 0 unspecified atom stereocenters. The fourth-order valence-corrected chi connectivity index (χ4v) is 4.46. The van der Waals surface area contributed by atoms with E-state index in [1.807, 2.05) is 12.1 Å². The molecule has 1 amide bonds. The van der Waals surface area contributed by atoms with Crippen molar-refractivity contribution in [1.29, 1.82) is 0 Å². The molecule has 4 rings (SSSR count). The number of hydrogen-bond acceptors (Lipinski definition) is 8. The molecule has 3 aromatic rings. The molecule has 2 heterocycles. The minimum Gasteiger partial charge on any atom is -0.391 e. The Bertz CT molecular complexity index is 1030. The number of anilines is 2. The number of benzene rings is 1. The van der Waals surface area contributed by atoms with E-state index in [0.29, 0.717) is 29.4 Å². The minimum atomic E-state index is -0.516. The maximum absolute atomic E-state index is 12.2. The van der Waals surface area contributed by atoms with Crippen LogP contribution in [0, 0.1) is 0 Å². The highest BCUT2D eigenvalue weighted by atomic mass is 35.5. The Labute approximate surface area is 177 Å². The summed E-state index contributed by atoms with van der Waals surface area (Å²) in [6.07, 6.45) is 3.84. The summed E-state index contributed by atoms with van der Waals surface area (Å²) in [4.78, 5) is 26.6. The lowest BCUT2D eigenvalue weighted by atomic mass is 10.2. The molecular formula is C19H21ClN6O2S. The van der Waals surface area contributed by atoms with E-state index in [9.17, 15) is 9.90 Å². The highest BCUT2D eigenvalue weighted by Gasteiger charge is 2.34. The van der Waals surface area contributed by atoms with E-state index < -0.39 is 6.10 Å². The first kappa shape index (κ1) is 19.8. The molecule has 2 aromatic heterocycles. The molecule has 3 atom stereocenters. The van der Waals surface area contributed by atoms with Gasteiger partial charge in [-0.15, -0.1) is 0 Å². The Morgan fingerprint density at radius 1 is 1.24 bits per heavy atom. The van der Waals surface area contributed by atoms with E-state index in [-0.39, 0.29) is 18.0 Å². The summed E-state index contributed by atoms with van der Waals surface area (Å²) >= 11 is 7.28. The van der Waals surface area contributed by atoms with E-state index in [2.05, 4.69) is 25.6 Å². The second-order valence-corrected chi connectivity index (χ2v) is 8.72. The molecule has 0 radical (unpaired) electrons. The number of hydrogen-bond donors (Lipinski definition) is 3. The molecule has 10 heteroatoms. The minimum absolute atomic E-state index is 0.0423. The van der Waals surface area contributed by atoms with Gasteiger partial charge in [0.2, 0.25) is 5.95 Å². The third kappa shape index (κ3) is 4.42. The van der Waals surface area contributed by atoms with Gasteiger partial charge in [0.1, 0.15) is 0 Å². The quantitative estimate of drug-likeness (QED) is 0.569. The van der Waals surface area contributed by atoms with Crippen LogP contribution in [0.5, 0.6) is 0 Å². The van der Waals surface area contributed by atoms with Crippen LogP contribution < -0.4 is 10.6 Å². The normalized spacial score (nSPS) is 21.3. The van der Waals surface area contributed by atoms with Crippen molar-refractivity contribution in [2.24, 2.45) is 0 Å². The molecule has 1 aromatic carbocycles. The van der Waals surface area contributed by atoms with Gasteiger partial charge in [-0.2, -0.15) is 0 Å². The first-order chi connectivity index (χ1) is 13.9. The third-order valence-corrected chi connectivity index (χ3v) is 5.98. The molecule has 1 aliphatic rings. The average molecular weight is 433 g/mol. The van der Waals surface area contributed by atoms with Gasteiger partial charge >= 0.3 is 0 Å². The van der Waals surface area contributed by atoms with E-state index in [4.69, 9.17) is 11.6 Å². The molecule has 29 heavy (non-hydrogen) atoms. The lowest BCUT2D eigenvalue weighted by Crippen LogP contribution is -2.27. The molecule has 3 N–H and O–H groups in total. The number of fused-ring (bicyclic) bond motifs is 1. The number of nitrogens with zero attached hydrogens (tertiary/aromatic N) is 4. The molecule has 1 saturated carbocycles. The van der Waals surface area contributed by atoms with Crippen molar-refractivity contribution in [1.82, 2.24) is 19.9 Å². The molecule has 0 aliphatic heterocycles. The van der Waals surface area contributed by atoms with Crippen LogP contribution >= 0.6 is 22.9 Å². The van der Waals surface area contributed by atoms with Crippen LogP contribution in [-0.2, 0) is 0 Å². The molecule has 1 fully saturated rings. The number of aliphatic hydroxyl groups is 1. The zero-order valence-corrected chi connectivity index (χ0v) is 17.5. The lowest BCUT2D eigenvalue weighted by molar-refractivity contribution is 0.0828. The average Bonchev–Trinajstić information content (AvgIpc) is 3.25. The van der Waals surface area contributed by atoms with Crippen LogP contribution in [0.25, 0.3) is 10.2 Å². The van der Waals surface area contributed by atoms with Gasteiger partial charge in [0, 0.05) is 25.7 Å². The fourth-order valence-electron chi connectivity index (χ4n) is 3.39. The van der Waals surface area contributed by atoms with Crippen LogP contribution in [0.4, 0.5) is 11.1 Å². The number of aliphatic hydroxyl groups excluding tert-OH is 1. The van der Waals surface area contributed by atoms with Crippen molar-refractivity contribution in [2.75, 3.05) is 24.7 Å². The number of nitrogens with one attached hydrogen (secondary N) is 2. The number of aromatic nitrogens is 3. The number of rotatable bonds is 5. The fraction of sp³-hybridized carbons (Fsp3) is 0.368. The van der Waals surface area contributed by atoms with Gasteiger partial charge < -0.3 is 20.6 Å². The molecule has 8 nitrogen and oxygen atoms in total. The second kappa shape index (κ2) is 8.10. The summed E-state index contributed by atoms with van der Waals surface area (Å²) < 4.78 is 0.928. The maximum Gasteiger partial charge on any atom is 0.253 e. The van der Waals surface area contributed by atoms with Gasteiger partial charge in [-0.05, 0) is 31.0 Å². The van der Waals surface area contributed by atoms with E-state index in [1.54, 1.807) is 25.1 Å². The monoisotopic (exact) mass is 432 g/mol. The molecule has 0 saturated heterocycles. The third-order valence-electron chi connectivity index (χ3n) is 4.83. The van der Waals surface area contributed by atoms with Gasteiger partial charge in [0.15, 0.2) is 5.13 Å². The molecular weight excluding hydrogens is 412 g/mol. The van der Waals surface area contributed by atoms with E-state index in [0.717, 1.165) is 15.3 Å². The van der Waals surface area contributed by atoms with Crippen molar-refractivity contribution in [3.8, 4) is 0 Å². The Morgan fingerprint density at radius 3 is 2.72 bits per heavy atom. The van der Waals surface area contributed by atoms with E-state index >= 15 is 0 Å². The number of halogens is 1. The van der Waals surface area contributed by atoms with E-state index in [1.165, 1.54) is 23.7 Å².